The fourth-order valence-electron chi connectivity index (χ4n) is 3.56. The molecule has 0 aliphatic rings. The molecule has 0 saturated heterocycles. The van der Waals surface area contributed by atoms with Gasteiger partial charge in [0.2, 0.25) is 11.8 Å². The van der Waals surface area contributed by atoms with E-state index in [2.05, 4.69) is 5.32 Å². The minimum Gasteiger partial charge on any atom is -0.355 e. The maximum absolute atomic E-state index is 13.5. The van der Waals surface area contributed by atoms with Gasteiger partial charge in [-0.3, -0.25) is 9.59 Å². The summed E-state index contributed by atoms with van der Waals surface area (Å²) in [5.41, 5.74) is 2.34. The molecule has 172 valence electrons. The number of hydrogen-bond donors (Lipinski definition) is 1. The summed E-state index contributed by atoms with van der Waals surface area (Å²) in [5, 5.41) is 3.63. The van der Waals surface area contributed by atoms with Crippen LogP contribution >= 0.6 is 23.2 Å². The van der Waals surface area contributed by atoms with Crippen LogP contribution < -0.4 is 5.32 Å². The molecule has 0 fully saturated rings. The third-order valence-electron chi connectivity index (χ3n) is 5.23. The molecular weight excluding hydrogens is 462 g/mol. The molecule has 7 heteroatoms. The van der Waals surface area contributed by atoms with Gasteiger partial charge in [0.1, 0.15) is 11.9 Å². The predicted octanol–water partition coefficient (Wildman–Crippen LogP) is 5.45. The molecule has 33 heavy (non-hydrogen) atoms. The van der Waals surface area contributed by atoms with Crippen LogP contribution in [-0.4, -0.2) is 29.3 Å². The molecule has 0 bridgehead atoms. The highest BCUT2D eigenvalue weighted by atomic mass is 35.5. The van der Waals surface area contributed by atoms with E-state index in [4.69, 9.17) is 23.2 Å². The molecule has 0 spiro atoms. The van der Waals surface area contributed by atoms with E-state index in [1.807, 2.05) is 37.3 Å². The quantitative estimate of drug-likeness (QED) is 0.437. The van der Waals surface area contributed by atoms with Crippen molar-refractivity contribution in [2.45, 2.75) is 32.4 Å². The molecule has 3 aromatic rings. The lowest BCUT2D eigenvalue weighted by atomic mass is 10.0. The molecule has 4 nitrogen and oxygen atoms in total. The summed E-state index contributed by atoms with van der Waals surface area (Å²) in [7, 11) is 0. The summed E-state index contributed by atoms with van der Waals surface area (Å²) in [5.74, 6) is -0.864. The first-order valence-corrected chi connectivity index (χ1v) is 11.4. The summed E-state index contributed by atoms with van der Waals surface area (Å²) in [6, 6.07) is 19.7. The predicted molar refractivity (Wildman–Crippen MR) is 130 cm³/mol. The Labute approximate surface area is 203 Å². The Morgan fingerprint density at radius 1 is 0.909 bits per heavy atom. The van der Waals surface area contributed by atoms with Crippen LogP contribution in [0.5, 0.6) is 0 Å². The Balaban J connectivity index is 1.96. The Morgan fingerprint density at radius 3 is 2.21 bits per heavy atom. The fourth-order valence-corrected chi connectivity index (χ4v) is 3.88. The Hall–Kier alpha value is -2.89. The van der Waals surface area contributed by atoms with Crippen LogP contribution in [0.3, 0.4) is 0 Å². The van der Waals surface area contributed by atoms with Gasteiger partial charge < -0.3 is 10.2 Å². The van der Waals surface area contributed by atoms with Gasteiger partial charge in [0.25, 0.3) is 0 Å². The van der Waals surface area contributed by atoms with Crippen molar-refractivity contribution in [3.8, 4) is 0 Å². The monoisotopic (exact) mass is 486 g/mol. The zero-order valence-electron chi connectivity index (χ0n) is 18.2. The third kappa shape index (κ3) is 7.04. The van der Waals surface area contributed by atoms with Gasteiger partial charge in [-0.15, -0.1) is 0 Å². The second-order valence-electron chi connectivity index (χ2n) is 7.67. The van der Waals surface area contributed by atoms with Gasteiger partial charge in [0.05, 0.1) is 16.5 Å². The van der Waals surface area contributed by atoms with E-state index in [1.54, 1.807) is 35.2 Å². The average Bonchev–Trinajstić information content (AvgIpc) is 2.80. The Morgan fingerprint density at radius 2 is 1.58 bits per heavy atom. The van der Waals surface area contributed by atoms with Crippen LogP contribution in [0, 0.1) is 5.82 Å². The number of likely N-dealkylation sites (N-methyl/N-ethyl adjacent to an activating group) is 1. The molecule has 0 aliphatic carbocycles. The van der Waals surface area contributed by atoms with Gasteiger partial charge in [-0.05, 0) is 47.9 Å². The largest absolute Gasteiger partial charge is 0.355 e. The third-order valence-corrected chi connectivity index (χ3v) is 5.97. The molecule has 0 aromatic heterocycles. The zero-order valence-corrected chi connectivity index (χ0v) is 19.7. The lowest BCUT2D eigenvalue weighted by molar-refractivity contribution is -0.140. The first-order valence-electron chi connectivity index (χ1n) is 10.7. The number of rotatable bonds is 9. The summed E-state index contributed by atoms with van der Waals surface area (Å²) in [6.07, 6.45) is 0.384. The van der Waals surface area contributed by atoms with Crippen molar-refractivity contribution >= 4 is 35.0 Å². The number of nitrogens with zero attached hydrogens (tertiary/aromatic N) is 1. The lowest BCUT2D eigenvalue weighted by Gasteiger charge is -2.31. The molecule has 1 N–H and O–H groups in total. The molecular formula is C26H25Cl2FN2O2. The van der Waals surface area contributed by atoms with E-state index in [0.29, 0.717) is 28.6 Å². The number of nitrogens with one attached hydrogen (secondary N) is 1. The van der Waals surface area contributed by atoms with Crippen molar-refractivity contribution < 1.29 is 14.0 Å². The maximum atomic E-state index is 13.5. The summed E-state index contributed by atoms with van der Waals surface area (Å²) in [4.78, 5) is 28.1. The number of hydrogen-bond acceptors (Lipinski definition) is 2. The molecule has 0 unspecified atom stereocenters. The standard InChI is InChI=1S/C26H25Cl2FN2O2/c1-2-30-26(33)24(15-18-6-4-3-5-7-18)31(17-20-10-13-22(27)23(28)14-20)25(32)16-19-8-11-21(29)12-9-19/h3-14,24H,2,15-17H2,1H3,(H,30,33)/t24-/m0/s1. The van der Waals surface area contributed by atoms with Crippen LogP contribution in [0.25, 0.3) is 0 Å². The highest BCUT2D eigenvalue weighted by Gasteiger charge is 2.30. The highest BCUT2D eigenvalue weighted by Crippen LogP contribution is 2.24. The maximum Gasteiger partial charge on any atom is 0.243 e. The van der Waals surface area contributed by atoms with Crippen molar-refractivity contribution in [2.24, 2.45) is 0 Å². The number of carbonyl (C=O) groups is 2. The normalized spacial score (nSPS) is 11.6. The van der Waals surface area contributed by atoms with Gasteiger partial charge in [0.15, 0.2) is 0 Å². The summed E-state index contributed by atoms with van der Waals surface area (Å²) >= 11 is 12.2. The van der Waals surface area contributed by atoms with Crippen LogP contribution in [0.2, 0.25) is 10.0 Å². The van der Waals surface area contributed by atoms with E-state index in [0.717, 1.165) is 11.1 Å². The Kier molecular flexibility index (Phi) is 8.87. The average molecular weight is 487 g/mol. The van der Waals surface area contributed by atoms with Gasteiger partial charge >= 0.3 is 0 Å². The minimum atomic E-state index is -0.741. The van der Waals surface area contributed by atoms with E-state index in [-0.39, 0.29) is 30.6 Å². The van der Waals surface area contributed by atoms with Crippen molar-refractivity contribution in [3.63, 3.8) is 0 Å². The molecule has 2 amide bonds. The summed E-state index contributed by atoms with van der Waals surface area (Å²) < 4.78 is 13.3. The minimum absolute atomic E-state index is 0.0340. The second kappa shape index (κ2) is 11.8. The first-order chi connectivity index (χ1) is 15.9. The van der Waals surface area contributed by atoms with E-state index >= 15 is 0 Å². The van der Waals surface area contributed by atoms with Crippen LogP contribution in [-0.2, 0) is 29.0 Å². The number of carbonyl (C=O) groups excluding carboxylic acids is 2. The van der Waals surface area contributed by atoms with Gasteiger partial charge in [-0.25, -0.2) is 4.39 Å². The molecule has 3 aromatic carbocycles. The van der Waals surface area contributed by atoms with Crippen molar-refractivity contribution in [3.05, 3.63) is 105 Å². The molecule has 3 rings (SSSR count). The topological polar surface area (TPSA) is 49.4 Å². The smallest absolute Gasteiger partial charge is 0.243 e. The van der Waals surface area contributed by atoms with Gasteiger partial charge in [-0.1, -0.05) is 71.7 Å². The van der Waals surface area contributed by atoms with Gasteiger partial charge in [-0.2, -0.15) is 0 Å². The van der Waals surface area contributed by atoms with E-state index < -0.39 is 6.04 Å². The molecule has 0 radical (unpaired) electrons. The van der Waals surface area contributed by atoms with Crippen molar-refractivity contribution in [2.75, 3.05) is 6.54 Å². The SMILES string of the molecule is CCNC(=O)[C@H](Cc1ccccc1)N(Cc1ccc(Cl)c(Cl)c1)C(=O)Cc1ccc(F)cc1. The molecule has 1 atom stereocenters. The van der Waals surface area contributed by atoms with E-state index in [9.17, 15) is 14.0 Å². The highest BCUT2D eigenvalue weighted by molar-refractivity contribution is 6.42. The first kappa shape index (κ1) is 24.7. The fraction of sp³-hybridized carbons (Fsp3) is 0.231. The van der Waals surface area contributed by atoms with Crippen LogP contribution in [0.15, 0.2) is 72.8 Å². The number of benzene rings is 3. The van der Waals surface area contributed by atoms with Crippen LogP contribution in [0.1, 0.15) is 23.6 Å². The molecule has 0 aliphatic heterocycles. The molecule has 0 heterocycles. The van der Waals surface area contributed by atoms with Crippen molar-refractivity contribution in [1.29, 1.82) is 0 Å². The van der Waals surface area contributed by atoms with E-state index in [1.165, 1.54) is 12.1 Å². The summed E-state index contributed by atoms with van der Waals surface area (Å²) in [6.45, 7) is 2.45. The van der Waals surface area contributed by atoms with Crippen LogP contribution in [0.4, 0.5) is 4.39 Å². The second-order valence-corrected chi connectivity index (χ2v) is 8.49. The number of amides is 2. The Bertz CT molecular complexity index is 1090. The lowest BCUT2D eigenvalue weighted by Crippen LogP contribution is -2.50. The van der Waals surface area contributed by atoms with Gasteiger partial charge in [0, 0.05) is 19.5 Å². The van der Waals surface area contributed by atoms with Crippen molar-refractivity contribution in [1.82, 2.24) is 10.2 Å². The zero-order chi connectivity index (χ0) is 23.8. The number of halogens is 3. The molecule has 0 saturated carbocycles.